The van der Waals surface area contributed by atoms with Crippen molar-refractivity contribution in [3.63, 3.8) is 0 Å². The fourth-order valence-corrected chi connectivity index (χ4v) is 4.50. The number of nitrogens with zero attached hydrogens (tertiary/aromatic N) is 3. The van der Waals surface area contributed by atoms with Crippen molar-refractivity contribution in [1.82, 2.24) is 20.5 Å². The number of rotatable bonds is 4. The molecule has 1 aromatic heterocycles. The number of aromatic nitrogens is 2. The summed E-state index contributed by atoms with van der Waals surface area (Å²) in [7, 11) is 0. The average molecular weight is 348 g/mol. The molecule has 0 spiro atoms. The zero-order valence-corrected chi connectivity index (χ0v) is 14.9. The van der Waals surface area contributed by atoms with Gasteiger partial charge in [-0.1, -0.05) is 30.3 Å². The van der Waals surface area contributed by atoms with Crippen molar-refractivity contribution in [2.45, 2.75) is 44.3 Å². The standard InChI is InChI=1S/C21H24N4O/c1-2-5-17-12-19(11-16(17)4-1)25-9-3-6-18(14-25)22-13-15-7-8-20-21(10-15)24-26-23-20/h1-2,4-5,7-8,10,18-19,22H,3,6,9,11-14H2/t18-/m1/s1. The van der Waals surface area contributed by atoms with E-state index in [-0.39, 0.29) is 0 Å². The van der Waals surface area contributed by atoms with Crippen molar-refractivity contribution in [1.29, 1.82) is 0 Å². The van der Waals surface area contributed by atoms with Crippen molar-refractivity contribution in [3.8, 4) is 0 Å². The summed E-state index contributed by atoms with van der Waals surface area (Å²) >= 11 is 0. The number of benzene rings is 2. The normalized spacial score (nSPS) is 21.3. The Kier molecular flexibility index (Phi) is 4.19. The van der Waals surface area contributed by atoms with Crippen LogP contribution in [0.2, 0.25) is 0 Å². The molecular formula is C21H24N4O. The molecule has 2 aliphatic rings. The van der Waals surface area contributed by atoms with E-state index in [1.807, 2.05) is 6.07 Å². The summed E-state index contributed by atoms with van der Waals surface area (Å²) in [6, 6.07) is 16.3. The van der Waals surface area contributed by atoms with Gasteiger partial charge >= 0.3 is 0 Å². The molecule has 2 aromatic carbocycles. The van der Waals surface area contributed by atoms with Gasteiger partial charge in [0.25, 0.3) is 0 Å². The molecule has 1 saturated heterocycles. The number of hydrogen-bond acceptors (Lipinski definition) is 5. The summed E-state index contributed by atoms with van der Waals surface area (Å²) in [5.41, 5.74) is 5.97. The van der Waals surface area contributed by atoms with Crippen molar-refractivity contribution in [2.75, 3.05) is 13.1 Å². The van der Waals surface area contributed by atoms with E-state index in [0.29, 0.717) is 12.1 Å². The van der Waals surface area contributed by atoms with E-state index < -0.39 is 0 Å². The molecular weight excluding hydrogens is 324 g/mol. The molecule has 1 fully saturated rings. The Bertz CT molecular complexity index is 881. The van der Waals surface area contributed by atoms with Crippen LogP contribution in [0, 0.1) is 0 Å². The predicted octanol–water partition coefficient (Wildman–Crippen LogP) is 2.94. The van der Waals surface area contributed by atoms with Crippen LogP contribution in [0.1, 0.15) is 29.5 Å². The number of piperidine rings is 1. The molecule has 5 nitrogen and oxygen atoms in total. The van der Waals surface area contributed by atoms with Gasteiger partial charge in [0, 0.05) is 25.2 Å². The van der Waals surface area contributed by atoms with E-state index in [0.717, 1.165) is 24.1 Å². The van der Waals surface area contributed by atoms with E-state index in [9.17, 15) is 0 Å². The molecule has 26 heavy (non-hydrogen) atoms. The molecule has 1 N–H and O–H groups in total. The lowest BCUT2D eigenvalue weighted by molar-refractivity contribution is 0.140. The van der Waals surface area contributed by atoms with Crippen molar-refractivity contribution in [3.05, 3.63) is 59.2 Å². The summed E-state index contributed by atoms with van der Waals surface area (Å²) in [5.74, 6) is 0. The van der Waals surface area contributed by atoms with Crippen molar-refractivity contribution in [2.24, 2.45) is 0 Å². The maximum atomic E-state index is 4.78. The topological polar surface area (TPSA) is 54.2 Å². The van der Waals surface area contributed by atoms with Crippen LogP contribution in [-0.4, -0.2) is 40.4 Å². The van der Waals surface area contributed by atoms with Gasteiger partial charge in [-0.25, -0.2) is 4.63 Å². The summed E-state index contributed by atoms with van der Waals surface area (Å²) in [6.07, 6.45) is 4.94. The van der Waals surface area contributed by atoms with E-state index in [4.69, 9.17) is 4.63 Å². The minimum absolute atomic E-state index is 0.554. The van der Waals surface area contributed by atoms with Gasteiger partial charge in [-0.3, -0.25) is 4.90 Å². The Morgan fingerprint density at radius 3 is 2.69 bits per heavy atom. The monoisotopic (exact) mass is 348 g/mol. The maximum Gasteiger partial charge on any atom is 0.135 e. The molecule has 0 radical (unpaired) electrons. The van der Waals surface area contributed by atoms with Gasteiger partial charge in [0.15, 0.2) is 0 Å². The molecule has 134 valence electrons. The highest BCUT2D eigenvalue weighted by molar-refractivity contribution is 5.73. The van der Waals surface area contributed by atoms with Gasteiger partial charge in [0.05, 0.1) is 0 Å². The predicted molar refractivity (Wildman–Crippen MR) is 101 cm³/mol. The highest BCUT2D eigenvalue weighted by atomic mass is 16.6. The largest absolute Gasteiger partial charge is 0.309 e. The van der Waals surface area contributed by atoms with Crippen LogP contribution in [0.4, 0.5) is 0 Å². The summed E-state index contributed by atoms with van der Waals surface area (Å²) in [5, 5.41) is 11.6. The molecule has 0 unspecified atom stereocenters. The van der Waals surface area contributed by atoms with E-state index in [1.54, 1.807) is 11.1 Å². The zero-order chi connectivity index (χ0) is 17.3. The second-order valence-corrected chi connectivity index (χ2v) is 7.63. The third-order valence-electron chi connectivity index (χ3n) is 5.91. The number of fused-ring (bicyclic) bond motifs is 2. The molecule has 0 saturated carbocycles. The van der Waals surface area contributed by atoms with Crippen LogP contribution in [-0.2, 0) is 19.4 Å². The SMILES string of the molecule is c1ccc2c(c1)CC(N1CCC[C@@H](NCc3ccc4nonc4c3)C1)C2. The zero-order valence-electron chi connectivity index (χ0n) is 14.9. The van der Waals surface area contributed by atoms with Gasteiger partial charge in [-0.05, 0) is 71.4 Å². The summed E-state index contributed by atoms with van der Waals surface area (Å²) in [6.45, 7) is 3.24. The van der Waals surface area contributed by atoms with Crippen molar-refractivity contribution >= 4 is 11.0 Å². The lowest BCUT2D eigenvalue weighted by Gasteiger charge is -2.37. The van der Waals surface area contributed by atoms with E-state index >= 15 is 0 Å². The van der Waals surface area contributed by atoms with Crippen LogP contribution in [0.15, 0.2) is 47.1 Å². The second kappa shape index (κ2) is 6.82. The summed E-state index contributed by atoms with van der Waals surface area (Å²) in [4.78, 5) is 2.70. The molecule has 5 rings (SSSR count). The first-order valence-corrected chi connectivity index (χ1v) is 9.60. The minimum Gasteiger partial charge on any atom is -0.309 e. The molecule has 3 aromatic rings. The lowest BCUT2D eigenvalue weighted by Crippen LogP contribution is -2.49. The number of hydrogen-bond donors (Lipinski definition) is 1. The first-order chi connectivity index (χ1) is 12.8. The molecule has 5 heteroatoms. The fourth-order valence-electron chi connectivity index (χ4n) is 4.50. The van der Waals surface area contributed by atoms with Crippen LogP contribution in [0.3, 0.4) is 0 Å². The number of likely N-dealkylation sites (tertiary alicyclic amines) is 1. The highest BCUT2D eigenvalue weighted by Gasteiger charge is 2.30. The first-order valence-electron chi connectivity index (χ1n) is 9.60. The summed E-state index contributed by atoms with van der Waals surface area (Å²) < 4.78 is 4.78. The first kappa shape index (κ1) is 16.0. The van der Waals surface area contributed by atoms with Gasteiger partial charge in [-0.2, -0.15) is 0 Å². The van der Waals surface area contributed by atoms with Crippen LogP contribution >= 0.6 is 0 Å². The smallest absolute Gasteiger partial charge is 0.135 e. The van der Waals surface area contributed by atoms with E-state index in [2.05, 4.69) is 56.9 Å². The Labute approximate surface area is 153 Å². The van der Waals surface area contributed by atoms with Crippen LogP contribution in [0.5, 0.6) is 0 Å². The Morgan fingerprint density at radius 1 is 1.04 bits per heavy atom. The molecule has 1 aliphatic heterocycles. The minimum atomic E-state index is 0.554. The fraction of sp³-hybridized carbons (Fsp3) is 0.429. The molecule has 0 bridgehead atoms. The highest BCUT2D eigenvalue weighted by Crippen LogP contribution is 2.27. The Hall–Kier alpha value is -2.24. The molecule has 1 atom stereocenters. The van der Waals surface area contributed by atoms with Crippen LogP contribution < -0.4 is 5.32 Å². The number of nitrogens with one attached hydrogen (secondary N) is 1. The van der Waals surface area contributed by atoms with Gasteiger partial charge in [0.2, 0.25) is 0 Å². The molecule has 0 amide bonds. The lowest BCUT2D eigenvalue weighted by atomic mass is 10.0. The molecule has 2 heterocycles. The second-order valence-electron chi connectivity index (χ2n) is 7.63. The maximum absolute atomic E-state index is 4.78. The quantitative estimate of drug-likeness (QED) is 0.786. The van der Waals surface area contributed by atoms with Crippen LogP contribution in [0.25, 0.3) is 11.0 Å². The van der Waals surface area contributed by atoms with Gasteiger partial charge in [-0.15, -0.1) is 0 Å². The average Bonchev–Trinajstić information content (AvgIpc) is 3.32. The van der Waals surface area contributed by atoms with E-state index in [1.165, 1.54) is 37.8 Å². The Balaban J connectivity index is 1.20. The van der Waals surface area contributed by atoms with Gasteiger partial charge in [0.1, 0.15) is 11.0 Å². The molecule has 1 aliphatic carbocycles. The third kappa shape index (κ3) is 3.13. The van der Waals surface area contributed by atoms with Gasteiger partial charge < -0.3 is 5.32 Å². The third-order valence-corrected chi connectivity index (χ3v) is 5.91. The van der Waals surface area contributed by atoms with Crippen molar-refractivity contribution < 1.29 is 4.63 Å². The Morgan fingerprint density at radius 2 is 1.85 bits per heavy atom.